The Labute approximate surface area is 179 Å². The van der Waals surface area contributed by atoms with E-state index in [0.717, 1.165) is 16.7 Å². The number of ketones is 1. The fourth-order valence-electron chi connectivity index (χ4n) is 5.04. The number of ether oxygens (including phenoxy) is 2. The zero-order valence-electron chi connectivity index (χ0n) is 19.2. The summed E-state index contributed by atoms with van der Waals surface area (Å²) in [5.74, 6) is -0.177. The van der Waals surface area contributed by atoms with Gasteiger partial charge in [-0.15, -0.1) is 0 Å². The number of aryl methyl sites for hydroxylation is 1. The van der Waals surface area contributed by atoms with Crippen LogP contribution in [0.1, 0.15) is 55.1 Å². The quantitative estimate of drug-likeness (QED) is 0.392. The van der Waals surface area contributed by atoms with Gasteiger partial charge in [-0.1, -0.05) is 26.3 Å². The van der Waals surface area contributed by atoms with E-state index in [1.807, 2.05) is 32.1 Å². The van der Waals surface area contributed by atoms with Crippen LogP contribution < -0.4 is 4.74 Å². The molecule has 4 aliphatic rings. The van der Waals surface area contributed by atoms with Gasteiger partial charge in [-0.3, -0.25) is 9.59 Å². The summed E-state index contributed by atoms with van der Waals surface area (Å²) in [5.41, 5.74) is 2.47. The number of benzene rings is 1. The Morgan fingerprint density at radius 3 is 2.40 bits per heavy atom. The molecule has 1 aromatic rings. The standard InChI is InChI=1S/C24H32O5Si/c1-13-9-15(27-6)11-16-18(13)21(25)19-17-10-14(2)24(20(16)19,22(26)29-17)12-28-30(7,8)23(3,4)5/h9-11,17,19-20H,12H2,1-8H3/t17-,19+,20+,24+/m0/s1. The van der Waals surface area contributed by atoms with E-state index in [9.17, 15) is 9.59 Å². The van der Waals surface area contributed by atoms with Gasteiger partial charge in [0.1, 0.15) is 17.3 Å². The maximum atomic E-state index is 13.5. The lowest BCUT2D eigenvalue weighted by Gasteiger charge is -2.52. The van der Waals surface area contributed by atoms with Crippen molar-refractivity contribution in [1.29, 1.82) is 0 Å². The zero-order chi connectivity index (χ0) is 22.2. The second-order valence-corrected chi connectivity index (χ2v) is 15.3. The molecule has 1 fully saturated rings. The number of carbonyl (C=O) groups is 2. The average Bonchev–Trinajstić information content (AvgIpc) is 2.94. The van der Waals surface area contributed by atoms with Gasteiger partial charge < -0.3 is 13.9 Å². The molecule has 5 nitrogen and oxygen atoms in total. The van der Waals surface area contributed by atoms with E-state index in [2.05, 4.69) is 33.9 Å². The Hall–Kier alpha value is -1.92. The van der Waals surface area contributed by atoms with Gasteiger partial charge in [0.05, 0.1) is 19.6 Å². The molecule has 6 heteroatoms. The predicted octanol–water partition coefficient (Wildman–Crippen LogP) is 4.79. The molecule has 0 spiro atoms. The van der Waals surface area contributed by atoms with Crippen molar-refractivity contribution in [2.75, 3.05) is 13.7 Å². The molecule has 0 N–H and O–H groups in total. The highest BCUT2D eigenvalue weighted by molar-refractivity contribution is 6.74. The van der Waals surface area contributed by atoms with Crippen LogP contribution in [-0.4, -0.2) is 39.9 Å². The summed E-state index contributed by atoms with van der Waals surface area (Å²) in [6.07, 6.45) is 1.45. The Bertz CT molecular complexity index is 971. The Balaban J connectivity index is 1.87. The van der Waals surface area contributed by atoms with Gasteiger partial charge in [-0.05, 0) is 61.3 Å². The number of fused-ring (bicyclic) bond motifs is 2. The summed E-state index contributed by atoms with van der Waals surface area (Å²) in [6.45, 7) is 15.1. The third-order valence-corrected chi connectivity index (χ3v) is 12.4. The van der Waals surface area contributed by atoms with Crippen LogP contribution in [0.25, 0.3) is 0 Å². The van der Waals surface area contributed by atoms with Gasteiger partial charge >= 0.3 is 5.97 Å². The fourth-order valence-corrected chi connectivity index (χ4v) is 6.07. The molecule has 0 saturated carbocycles. The minimum Gasteiger partial charge on any atom is -0.497 e. The van der Waals surface area contributed by atoms with Gasteiger partial charge in [-0.2, -0.15) is 0 Å². The molecule has 0 aromatic heterocycles. The first kappa shape index (κ1) is 21.3. The smallest absolute Gasteiger partial charge is 0.319 e. The lowest BCUT2D eigenvalue weighted by atomic mass is 9.58. The normalized spacial score (nSPS) is 30.0. The largest absolute Gasteiger partial charge is 0.497 e. The highest BCUT2D eigenvalue weighted by Crippen LogP contribution is 2.61. The van der Waals surface area contributed by atoms with Crippen molar-refractivity contribution in [3.63, 3.8) is 0 Å². The van der Waals surface area contributed by atoms with Gasteiger partial charge in [0.15, 0.2) is 14.1 Å². The topological polar surface area (TPSA) is 61.8 Å². The summed E-state index contributed by atoms with van der Waals surface area (Å²) in [7, 11) is -0.497. The van der Waals surface area contributed by atoms with E-state index in [0.29, 0.717) is 11.3 Å². The molecular weight excluding hydrogens is 396 g/mol. The maximum absolute atomic E-state index is 13.5. The zero-order valence-corrected chi connectivity index (χ0v) is 20.2. The molecule has 162 valence electrons. The van der Waals surface area contributed by atoms with Crippen LogP contribution >= 0.6 is 0 Å². The van der Waals surface area contributed by atoms with E-state index < -0.39 is 25.8 Å². The monoisotopic (exact) mass is 428 g/mol. The van der Waals surface area contributed by atoms with Crippen molar-refractivity contribution in [2.45, 2.75) is 64.8 Å². The number of hydrogen-bond donors (Lipinski definition) is 0. The molecule has 30 heavy (non-hydrogen) atoms. The number of hydrogen-bond acceptors (Lipinski definition) is 5. The number of esters is 1. The summed E-state index contributed by atoms with van der Waals surface area (Å²) in [4.78, 5) is 26.8. The summed E-state index contributed by atoms with van der Waals surface area (Å²) >= 11 is 0. The molecule has 2 aliphatic heterocycles. The average molecular weight is 429 g/mol. The van der Waals surface area contributed by atoms with E-state index >= 15 is 0 Å². The van der Waals surface area contributed by atoms with Crippen LogP contribution in [0.4, 0.5) is 0 Å². The summed E-state index contributed by atoms with van der Waals surface area (Å²) in [5, 5.41) is 0.0135. The van der Waals surface area contributed by atoms with E-state index in [1.165, 1.54) is 0 Å². The van der Waals surface area contributed by atoms with Crippen LogP contribution in [0.5, 0.6) is 5.75 Å². The lowest BCUT2D eigenvalue weighted by Crippen LogP contribution is -2.59. The van der Waals surface area contributed by atoms with Crippen molar-refractivity contribution in [3.8, 4) is 5.75 Å². The molecule has 0 unspecified atom stereocenters. The molecule has 2 heterocycles. The molecule has 2 aliphatic carbocycles. The van der Waals surface area contributed by atoms with Crippen LogP contribution in [0, 0.1) is 18.3 Å². The van der Waals surface area contributed by atoms with Crippen molar-refractivity contribution in [1.82, 2.24) is 0 Å². The first-order valence-electron chi connectivity index (χ1n) is 10.6. The maximum Gasteiger partial charge on any atom is 0.319 e. The second kappa shape index (κ2) is 6.54. The van der Waals surface area contributed by atoms with Gasteiger partial charge in [0.25, 0.3) is 0 Å². The van der Waals surface area contributed by atoms with E-state index in [1.54, 1.807) is 7.11 Å². The molecule has 4 atom stereocenters. The van der Waals surface area contributed by atoms with Crippen molar-refractivity contribution >= 4 is 20.1 Å². The third-order valence-electron chi connectivity index (χ3n) is 7.90. The summed E-state index contributed by atoms with van der Waals surface area (Å²) in [6, 6.07) is 3.82. The number of methoxy groups -OCH3 is 1. The van der Waals surface area contributed by atoms with Crippen LogP contribution in [0.15, 0.2) is 23.8 Å². The third kappa shape index (κ3) is 2.69. The molecule has 5 rings (SSSR count). The molecule has 1 aromatic carbocycles. The van der Waals surface area contributed by atoms with E-state index in [4.69, 9.17) is 13.9 Å². The first-order valence-corrected chi connectivity index (χ1v) is 13.5. The Morgan fingerprint density at radius 1 is 1.17 bits per heavy atom. The molecule has 0 amide bonds. The predicted molar refractivity (Wildman–Crippen MR) is 118 cm³/mol. The van der Waals surface area contributed by atoms with Crippen molar-refractivity contribution < 1.29 is 23.5 Å². The highest BCUT2D eigenvalue weighted by atomic mass is 28.4. The molecule has 2 bridgehead atoms. The van der Waals surface area contributed by atoms with Crippen LogP contribution in [0.3, 0.4) is 0 Å². The number of Topliss-reactive ketones (excluding diaryl/α,β-unsaturated/α-hetero) is 1. The first-order chi connectivity index (χ1) is 13.8. The van der Waals surface area contributed by atoms with Crippen molar-refractivity contribution in [2.24, 2.45) is 11.3 Å². The second-order valence-electron chi connectivity index (χ2n) is 10.5. The number of carbonyl (C=O) groups excluding carboxylic acids is 2. The Morgan fingerprint density at radius 2 is 1.83 bits per heavy atom. The van der Waals surface area contributed by atoms with Crippen molar-refractivity contribution in [3.05, 3.63) is 40.5 Å². The molecular formula is C24H32O5Si. The van der Waals surface area contributed by atoms with Crippen LogP contribution in [-0.2, 0) is 14.0 Å². The van der Waals surface area contributed by atoms with Gasteiger partial charge in [0, 0.05) is 11.5 Å². The summed E-state index contributed by atoms with van der Waals surface area (Å²) < 4.78 is 17.9. The molecule has 1 saturated heterocycles. The molecule has 0 radical (unpaired) electrons. The van der Waals surface area contributed by atoms with Gasteiger partial charge in [0.2, 0.25) is 0 Å². The fraction of sp³-hybridized carbons (Fsp3) is 0.583. The van der Waals surface area contributed by atoms with E-state index in [-0.39, 0.29) is 29.3 Å². The number of rotatable bonds is 4. The highest BCUT2D eigenvalue weighted by Gasteiger charge is 2.66. The van der Waals surface area contributed by atoms with Crippen LogP contribution in [0.2, 0.25) is 18.1 Å². The minimum atomic E-state index is -2.12. The Kier molecular flexibility index (Phi) is 4.64. The lowest BCUT2D eigenvalue weighted by molar-refractivity contribution is -0.176. The SMILES string of the molecule is COc1cc(C)c2c(c1)[C@@H]1[C@H](C2=O)[C@@H]2C=C(C)[C@@]1(CO[Si](C)(C)C(C)(C)C)C(=O)O2. The van der Waals surface area contributed by atoms with Gasteiger partial charge in [-0.25, -0.2) is 0 Å². The minimum absolute atomic E-state index is 0.0135.